The van der Waals surface area contributed by atoms with Crippen LogP contribution >= 0.6 is 0 Å². The van der Waals surface area contributed by atoms with Gasteiger partial charge in [-0.3, -0.25) is 9.59 Å². The van der Waals surface area contributed by atoms with Gasteiger partial charge < -0.3 is 15.7 Å². The monoisotopic (exact) mass is 352 g/mol. The van der Waals surface area contributed by atoms with Gasteiger partial charge >= 0.3 is 18.1 Å². The number of aromatic carboxylic acids is 1. The summed E-state index contributed by atoms with van der Waals surface area (Å²) >= 11 is 0. The molecule has 0 unspecified atom stereocenters. The Kier molecular flexibility index (Phi) is 5.06. The van der Waals surface area contributed by atoms with E-state index in [-0.39, 0.29) is 22.5 Å². The number of amides is 2. The maximum atomic E-state index is 12.3. The Balaban J connectivity index is 2.20. The summed E-state index contributed by atoms with van der Waals surface area (Å²) < 4.78 is 36.8. The molecule has 0 atom stereocenters. The third-order valence-electron chi connectivity index (χ3n) is 3.05. The van der Waals surface area contributed by atoms with Crippen LogP contribution in [0.4, 0.5) is 24.5 Å². The van der Waals surface area contributed by atoms with Crippen LogP contribution in [0.15, 0.2) is 48.5 Å². The second-order valence-electron chi connectivity index (χ2n) is 4.84. The SMILES string of the molecule is O=C(Nc1ccccc1C(=O)O)c1cccc(NC(=O)C(F)(F)F)c1. The van der Waals surface area contributed by atoms with Crippen molar-refractivity contribution in [2.75, 3.05) is 10.6 Å². The van der Waals surface area contributed by atoms with Gasteiger partial charge in [-0.1, -0.05) is 18.2 Å². The number of carbonyl (C=O) groups excluding carboxylic acids is 2. The smallest absolute Gasteiger partial charge is 0.471 e. The molecule has 0 spiro atoms. The zero-order chi connectivity index (χ0) is 18.6. The van der Waals surface area contributed by atoms with Crippen molar-refractivity contribution in [2.45, 2.75) is 6.18 Å². The molecule has 25 heavy (non-hydrogen) atoms. The van der Waals surface area contributed by atoms with Gasteiger partial charge in [-0.05, 0) is 30.3 Å². The number of hydrogen-bond donors (Lipinski definition) is 3. The Morgan fingerprint density at radius 2 is 1.60 bits per heavy atom. The molecular weight excluding hydrogens is 341 g/mol. The molecule has 2 aromatic rings. The van der Waals surface area contributed by atoms with Crippen LogP contribution in [0.3, 0.4) is 0 Å². The van der Waals surface area contributed by atoms with E-state index in [4.69, 9.17) is 5.11 Å². The Morgan fingerprint density at radius 1 is 0.920 bits per heavy atom. The van der Waals surface area contributed by atoms with Gasteiger partial charge in [-0.15, -0.1) is 0 Å². The molecule has 2 aromatic carbocycles. The molecular formula is C16H11F3N2O4. The summed E-state index contributed by atoms with van der Waals surface area (Å²) in [7, 11) is 0. The highest BCUT2D eigenvalue weighted by Crippen LogP contribution is 2.20. The van der Waals surface area contributed by atoms with E-state index in [2.05, 4.69) is 5.32 Å². The highest BCUT2D eigenvalue weighted by Gasteiger charge is 2.38. The van der Waals surface area contributed by atoms with Gasteiger partial charge in [0.1, 0.15) is 0 Å². The van der Waals surface area contributed by atoms with E-state index >= 15 is 0 Å². The molecule has 130 valence electrons. The van der Waals surface area contributed by atoms with Crippen LogP contribution in [-0.2, 0) is 4.79 Å². The van der Waals surface area contributed by atoms with Crippen LogP contribution in [0.1, 0.15) is 20.7 Å². The molecule has 0 fully saturated rings. The van der Waals surface area contributed by atoms with Crippen LogP contribution < -0.4 is 10.6 Å². The first-order chi connectivity index (χ1) is 11.7. The lowest BCUT2D eigenvalue weighted by molar-refractivity contribution is -0.167. The molecule has 2 rings (SSSR count). The third-order valence-corrected chi connectivity index (χ3v) is 3.05. The van der Waals surface area contributed by atoms with E-state index in [1.165, 1.54) is 42.5 Å². The lowest BCUT2D eigenvalue weighted by Crippen LogP contribution is -2.30. The Hall–Kier alpha value is -3.36. The van der Waals surface area contributed by atoms with Crippen molar-refractivity contribution < 1.29 is 32.7 Å². The van der Waals surface area contributed by atoms with Crippen molar-refractivity contribution >= 4 is 29.2 Å². The summed E-state index contributed by atoms with van der Waals surface area (Å²) in [5, 5.41) is 13.1. The van der Waals surface area contributed by atoms with Crippen LogP contribution in [-0.4, -0.2) is 29.1 Å². The molecule has 0 saturated heterocycles. The molecule has 6 nitrogen and oxygen atoms in total. The number of alkyl halides is 3. The van der Waals surface area contributed by atoms with Crippen LogP contribution in [0.25, 0.3) is 0 Å². The third kappa shape index (κ3) is 4.56. The Bertz CT molecular complexity index is 834. The van der Waals surface area contributed by atoms with Crippen molar-refractivity contribution in [3.63, 3.8) is 0 Å². The molecule has 0 aromatic heterocycles. The molecule has 0 radical (unpaired) electrons. The standard InChI is InChI=1S/C16H11F3N2O4/c17-16(18,19)15(25)20-10-5-3-4-9(8-10)13(22)21-12-7-2-1-6-11(12)14(23)24/h1-8H,(H,20,25)(H,21,22)(H,23,24). The topological polar surface area (TPSA) is 95.5 Å². The number of rotatable bonds is 4. The number of carbonyl (C=O) groups is 3. The van der Waals surface area contributed by atoms with Crippen molar-refractivity contribution in [2.24, 2.45) is 0 Å². The second-order valence-corrected chi connectivity index (χ2v) is 4.84. The van der Waals surface area contributed by atoms with Gasteiger partial charge in [-0.2, -0.15) is 13.2 Å². The van der Waals surface area contributed by atoms with Crippen molar-refractivity contribution in [3.05, 3.63) is 59.7 Å². The second kappa shape index (κ2) is 7.04. The molecule has 2 amide bonds. The summed E-state index contributed by atoms with van der Waals surface area (Å²) in [5.74, 6) is -4.15. The van der Waals surface area contributed by atoms with E-state index in [0.717, 1.165) is 6.07 Å². The van der Waals surface area contributed by atoms with E-state index in [0.29, 0.717) is 0 Å². The van der Waals surface area contributed by atoms with Crippen molar-refractivity contribution in [1.29, 1.82) is 0 Å². The van der Waals surface area contributed by atoms with Crippen LogP contribution in [0.2, 0.25) is 0 Å². The highest BCUT2D eigenvalue weighted by atomic mass is 19.4. The number of anilines is 2. The molecule has 0 heterocycles. The molecule has 0 aliphatic rings. The summed E-state index contributed by atoms with van der Waals surface area (Å²) in [4.78, 5) is 34.2. The van der Waals surface area contributed by atoms with Crippen molar-refractivity contribution in [1.82, 2.24) is 0 Å². The van der Waals surface area contributed by atoms with Gasteiger partial charge in [0.15, 0.2) is 0 Å². The van der Waals surface area contributed by atoms with Gasteiger partial charge in [0.2, 0.25) is 0 Å². The van der Waals surface area contributed by atoms with E-state index in [1.54, 1.807) is 5.32 Å². The number of benzene rings is 2. The minimum atomic E-state index is -5.06. The van der Waals surface area contributed by atoms with Crippen LogP contribution in [0.5, 0.6) is 0 Å². The first-order valence-corrected chi connectivity index (χ1v) is 6.80. The predicted octanol–water partition coefficient (Wildman–Crippen LogP) is 3.14. The zero-order valence-electron chi connectivity index (χ0n) is 12.4. The Morgan fingerprint density at radius 3 is 2.24 bits per heavy atom. The lowest BCUT2D eigenvalue weighted by atomic mass is 10.1. The number of carboxylic acids is 1. The molecule has 0 bridgehead atoms. The minimum Gasteiger partial charge on any atom is -0.478 e. The molecule has 0 aliphatic carbocycles. The number of carboxylic acid groups (broad SMARTS) is 1. The summed E-state index contributed by atoms with van der Waals surface area (Å²) in [6, 6.07) is 10.5. The fourth-order valence-corrected chi connectivity index (χ4v) is 1.91. The van der Waals surface area contributed by atoms with Gasteiger partial charge in [0.05, 0.1) is 11.3 Å². The largest absolute Gasteiger partial charge is 0.478 e. The quantitative estimate of drug-likeness (QED) is 0.788. The number of nitrogens with one attached hydrogen (secondary N) is 2. The Labute approximate surface area is 139 Å². The number of hydrogen-bond acceptors (Lipinski definition) is 3. The van der Waals surface area contributed by atoms with Crippen molar-refractivity contribution in [3.8, 4) is 0 Å². The number of halogens is 3. The molecule has 0 saturated carbocycles. The highest BCUT2D eigenvalue weighted by molar-refractivity contribution is 6.08. The average molecular weight is 352 g/mol. The minimum absolute atomic E-state index is 0.0322. The first kappa shape index (κ1) is 18.0. The average Bonchev–Trinajstić information content (AvgIpc) is 2.54. The van der Waals surface area contributed by atoms with Gasteiger partial charge in [0, 0.05) is 11.3 Å². The van der Waals surface area contributed by atoms with E-state index in [9.17, 15) is 27.6 Å². The summed E-state index contributed by atoms with van der Waals surface area (Å²) in [5.41, 5.74) is -0.385. The van der Waals surface area contributed by atoms with Crippen LogP contribution in [0, 0.1) is 0 Å². The van der Waals surface area contributed by atoms with Gasteiger partial charge in [0.25, 0.3) is 5.91 Å². The fourth-order valence-electron chi connectivity index (χ4n) is 1.91. The molecule has 0 aliphatic heterocycles. The lowest BCUT2D eigenvalue weighted by Gasteiger charge is -2.11. The maximum absolute atomic E-state index is 12.3. The maximum Gasteiger partial charge on any atom is 0.471 e. The molecule has 3 N–H and O–H groups in total. The normalized spacial score (nSPS) is 10.8. The summed E-state index contributed by atoms with van der Waals surface area (Å²) in [6.07, 6.45) is -5.06. The fraction of sp³-hybridized carbons (Fsp3) is 0.0625. The first-order valence-electron chi connectivity index (χ1n) is 6.80. The van der Waals surface area contributed by atoms with E-state index in [1.807, 2.05) is 0 Å². The zero-order valence-corrected chi connectivity index (χ0v) is 12.4. The summed E-state index contributed by atoms with van der Waals surface area (Å²) in [6.45, 7) is 0. The molecule has 9 heteroatoms. The predicted molar refractivity (Wildman–Crippen MR) is 82.5 cm³/mol. The van der Waals surface area contributed by atoms with E-state index < -0.39 is 24.0 Å². The number of para-hydroxylation sites is 1. The van der Waals surface area contributed by atoms with Gasteiger partial charge in [-0.25, -0.2) is 4.79 Å².